The molecule has 1 aromatic heterocycles. The van der Waals surface area contributed by atoms with E-state index in [2.05, 4.69) is 49.6 Å². The highest BCUT2D eigenvalue weighted by Crippen LogP contribution is 2.23. The molecular weight excluding hydrogens is 384 g/mol. The number of piperazine rings is 1. The quantitative estimate of drug-likeness (QED) is 0.538. The summed E-state index contributed by atoms with van der Waals surface area (Å²) in [5, 5.41) is 7.29. The summed E-state index contributed by atoms with van der Waals surface area (Å²) in [5.74, 6) is 2.62. The predicted molar refractivity (Wildman–Crippen MR) is 122 cm³/mol. The largest absolute Gasteiger partial charge is 0.354 e. The number of anilines is 1. The van der Waals surface area contributed by atoms with Gasteiger partial charge in [-0.3, -0.25) is 9.20 Å². The summed E-state index contributed by atoms with van der Waals surface area (Å²) in [6.07, 6.45) is 6.18. The third kappa shape index (κ3) is 6.40. The molecule has 0 radical (unpaired) electrons. The van der Waals surface area contributed by atoms with Crippen LogP contribution in [-0.4, -0.2) is 77.4 Å². The van der Waals surface area contributed by atoms with Gasteiger partial charge in [0.2, 0.25) is 0 Å². The van der Waals surface area contributed by atoms with Crippen LogP contribution in [0.1, 0.15) is 38.2 Å². The molecule has 1 aliphatic heterocycles. The summed E-state index contributed by atoms with van der Waals surface area (Å²) in [6, 6.07) is 4.57. The monoisotopic (exact) mass is 420 g/mol. The van der Waals surface area contributed by atoms with Gasteiger partial charge in [-0.25, -0.2) is 4.98 Å². The number of aliphatic imine (C=N–C) groups is 1. The maximum atomic E-state index is 12.2. The van der Waals surface area contributed by atoms with Crippen molar-refractivity contribution < 1.29 is 4.21 Å². The van der Waals surface area contributed by atoms with Crippen LogP contribution in [0, 0.1) is 0 Å². The minimum absolute atomic E-state index is 0.315. The molecule has 1 aromatic rings. The SMILES string of the molecule is CCS(=O)C1CCCC(NC(=NC)NCc2ccnc(N3CCN(C)CC3)c2)C1. The van der Waals surface area contributed by atoms with E-state index >= 15 is 0 Å². The Hall–Kier alpha value is -1.67. The van der Waals surface area contributed by atoms with E-state index in [-0.39, 0.29) is 0 Å². The second-order valence-corrected chi connectivity index (χ2v) is 10.0. The zero-order chi connectivity index (χ0) is 20.6. The Morgan fingerprint density at radius 2 is 2.10 bits per heavy atom. The molecule has 0 spiro atoms. The van der Waals surface area contributed by atoms with Crippen LogP contribution in [0.3, 0.4) is 0 Å². The molecule has 1 saturated carbocycles. The first kappa shape index (κ1) is 22.0. The third-order valence-corrected chi connectivity index (χ3v) is 7.68. The Kier molecular flexibility index (Phi) is 8.29. The Labute approximate surface area is 177 Å². The highest BCUT2D eigenvalue weighted by Gasteiger charge is 2.26. The Morgan fingerprint density at radius 1 is 1.31 bits per heavy atom. The summed E-state index contributed by atoms with van der Waals surface area (Å²) in [6.45, 7) is 6.91. The van der Waals surface area contributed by atoms with Gasteiger partial charge >= 0.3 is 0 Å². The Balaban J connectivity index is 1.52. The molecule has 3 rings (SSSR count). The van der Waals surface area contributed by atoms with E-state index in [4.69, 9.17) is 0 Å². The van der Waals surface area contributed by atoms with Gasteiger partial charge in [-0.05, 0) is 44.0 Å². The third-order valence-electron chi connectivity index (χ3n) is 5.94. The molecule has 0 aromatic carbocycles. The first-order valence-electron chi connectivity index (χ1n) is 10.8. The lowest BCUT2D eigenvalue weighted by atomic mass is 9.95. The van der Waals surface area contributed by atoms with Gasteiger partial charge in [-0.15, -0.1) is 0 Å². The first-order chi connectivity index (χ1) is 14.1. The Morgan fingerprint density at radius 3 is 2.83 bits per heavy atom. The lowest BCUT2D eigenvalue weighted by Crippen LogP contribution is -2.46. The molecular formula is C21H36N6OS. The molecule has 162 valence electrons. The van der Waals surface area contributed by atoms with Crippen molar-refractivity contribution in [3.63, 3.8) is 0 Å². The Bertz CT molecular complexity index is 704. The van der Waals surface area contributed by atoms with E-state index in [9.17, 15) is 4.21 Å². The fraction of sp³-hybridized carbons (Fsp3) is 0.714. The highest BCUT2D eigenvalue weighted by molar-refractivity contribution is 7.85. The van der Waals surface area contributed by atoms with Crippen molar-refractivity contribution in [3.05, 3.63) is 23.9 Å². The maximum absolute atomic E-state index is 12.2. The van der Waals surface area contributed by atoms with Gasteiger partial charge < -0.3 is 20.4 Å². The fourth-order valence-electron chi connectivity index (χ4n) is 4.10. The number of likely N-dealkylation sites (N-methyl/N-ethyl adjacent to an activating group) is 1. The van der Waals surface area contributed by atoms with Crippen molar-refractivity contribution in [2.45, 2.75) is 50.4 Å². The first-order valence-corrected chi connectivity index (χ1v) is 12.2. The molecule has 8 heteroatoms. The summed E-state index contributed by atoms with van der Waals surface area (Å²) in [7, 11) is 3.27. The van der Waals surface area contributed by atoms with E-state index in [1.807, 2.05) is 20.2 Å². The smallest absolute Gasteiger partial charge is 0.191 e. The van der Waals surface area contributed by atoms with Gasteiger partial charge in [0.1, 0.15) is 5.82 Å². The van der Waals surface area contributed by atoms with Crippen molar-refractivity contribution >= 4 is 22.6 Å². The molecule has 29 heavy (non-hydrogen) atoms. The van der Waals surface area contributed by atoms with Crippen molar-refractivity contribution in [2.75, 3.05) is 50.9 Å². The lowest BCUT2D eigenvalue weighted by Gasteiger charge is -2.33. The van der Waals surface area contributed by atoms with Crippen LogP contribution in [0.5, 0.6) is 0 Å². The molecule has 1 saturated heterocycles. The average molecular weight is 421 g/mol. The van der Waals surface area contributed by atoms with E-state index in [1.165, 1.54) is 5.56 Å². The number of guanidine groups is 1. The number of nitrogens with zero attached hydrogens (tertiary/aromatic N) is 4. The highest BCUT2D eigenvalue weighted by atomic mass is 32.2. The molecule has 3 unspecified atom stereocenters. The zero-order valence-electron chi connectivity index (χ0n) is 18.1. The molecule has 0 bridgehead atoms. The minimum atomic E-state index is -0.707. The van der Waals surface area contributed by atoms with E-state index in [0.717, 1.165) is 69.4 Å². The number of pyridine rings is 1. The van der Waals surface area contributed by atoms with Gasteiger partial charge in [0.05, 0.1) is 0 Å². The molecule has 2 fully saturated rings. The average Bonchev–Trinajstić information content (AvgIpc) is 2.77. The molecule has 0 amide bonds. The van der Waals surface area contributed by atoms with E-state index in [1.54, 1.807) is 0 Å². The zero-order valence-corrected chi connectivity index (χ0v) is 18.9. The molecule has 2 heterocycles. The summed E-state index contributed by atoms with van der Waals surface area (Å²) in [4.78, 5) is 13.7. The van der Waals surface area contributed by atoms with E-state index < -0.39 is 10.8 Å². The normalized spacial score (nSPS) is 24.9. The van der Waals surface area contributed by atoms with Crippen molar-refractivity contribution in [1.29, 1.82) is 0 Å². The maximum Gasteiger partial charge on any atom is 0.191 e. The van der Waals surface area contributed by atoms with Gasteiger partial charge in [-0.1, -0.05) is 13.3 Å². The standard InChI is InChI=1S/C21H36N6OS/c1-4-29(28)19-7-5-6-18(15-19)25-21(22-2)24-16-17-8-9-23-20(14-17)27-12-10-26(3)11-13-27/h8-9,14,18-19H,4-7,10-13,15-16H2,1-3H3,(H2,22,24,25). The van der Waals surface area contributed by atoms with Gasteiger partial charge in [-0.2, -0.15) is 0 Å². The molecule has 2 aliphatic rings. The van der Waals surface area contributed by atoms with Crippen molar-refractivity contribution in [3.8, 4) is 0 Å². The van der Waals surface area contributed by atoms with Crippen LogP contribution in [0.15, 0.2) is 23.3 Å². The minimum Gasteiger partial charge on any atom is -0.354 e. The predicted octanol–water partition coefficient (Wildman–Crippen LogP) is 1.58. The second-order valence-electron chi connectivity index (χ2n) is 8.04. The number of nitrogens with one attached hydrogen (secondary N) is 2. The molecule has 1 aliphatic carbocycles. The fourth-order valence-corrected chi connectivity index (χ4v) is 5.45. The molecule has 3 atom stereocenters. The van der Waals surface area contributed by atoms with Crippen LogP contribution in [-0.2, 0) is 17.3 Å². The van der Waals surface area contributed by atoms with Crippen LogP contribution < -0.4 is 15.5 Å². The van der Waals surface area contributed by atoms with Gasteiger partial charge in [0, 0.05) is 73.8 Å². The van der Waals surface area contributed by atoms with Gasteiger partial charge in [0.15, 0.2) is 5.96 Å². The lowest BCUT2D eigenvalue weighted by molar-refractivity contribution is 0.312. The van der Waals surface area contributed by atoms with Crippen LogP contribution in [0.25, 0.3) is 0 Å². The second kappa shape index (κ2) is 10.9. The molecule has 2 N–H and O–H groups in total. The number of aromatic nitrogens is 1. The van der Waals surface area contributed by atoms with Crippen molar-refractivity contribution in [2.24, 2.45) is 4.99 Å². The molecule has 7 nitrogen and oxygen atoms in total. The number of hydrogen-bond acceptors (Lipinski definition) is 5. The number of rotatable bonds is 6. The van der Waals surface area contributed by atoms with Crippen LogP contribution in [0.2, 0.25) is 0 Å². The van der Waals surface area contributed by atoms with Crippen LogP contribution in [0.4, 0.5) is 5.82 Å². The van der Waals surface area contributed by atoms with E-state index in [0.29, 0.717) is 17.8 Å². The topological polar surface area (TPSA) is 72.9 Å². The van der Waals surface area contributed by atoms with Gasteiger partial charge in [0.25, 0.3) is 0 Å². The summed E-state index contributed by atoms with van der Waals surface area (Å²) < 4.78 is 12.2. The van der Waals surface area contributed by atoms with Crippen LogP contribution >= 0.6 is 0 Å². The van der Waals surface area contributed by atoms with Crippen molar-refractivity contribution in [1.82, 2.24) is 20.5 Å². The number of hydrogen-bond donors (Lipinski definition) is 2. The summed E-state index contributed by atoms with van der Waals surface area (Å²) >= 11 is 0. The summed E-state index contributed by atoms with van der Waals surface area (Å²) in [5.41, 5.74) is 1.20.